The summed E-state index contributed by atoms with van der Waals surface area (Å²) in [5.74, 6) is 0.272. The fourth-order valence-electron chi connectivity index (χ4n) is 2.32. The molecule has 2 heterocycles. The van der Waals surface area contributed by atoms with Crippen molar-refractivity contribution in [2.45, 2.75) is 27.2 Å². The monoisotopic (exact) mass is 327 g/mol. The molecule has 0 unspecified atom stereocenters. The van der Waals surface area contributed by atoms with Crippen molar-refractivity contribution in [3.8, 4) is 0 Å². The number of rotatable bonds is 4. The van der Waals surface area contributed by atoms with Gasteiger partial charge in [0.1, 0.15) is 11.3 Å². The van der Waals surface area contributed by atoms with Crippen molar-refractivity contribution in [2.24, 2.45) is 0 Å². The molecule has 0 spiro atoms. The first-order valence-corrected chi connectivity index (χ1v) is 8.09. The summed E-state index contributed by atoms with van der Waals surface area (Å²) in [5, 5.41) is 7.18. The first-order valence-electron chi connectivity index (χ1n) is 7.27. The van der Waals surface area contributed by atoms with Crippen LogP contribution >= 0.6 is 11.3 Å². The van der Waals surface area contributed by atoms with Crippen molar-refractivity contribution in [1.29, 1.82) is 0 Å². The number of thiazole rings is 1. The van der Waals surface area contributed by atoms with E-state index in [9.17, 15) is 4.79 Å². The number of carbonyl (C=O) groups excluding carboxylic acids is 1. The Balaban J connectivity index is 1.70. The van der Waals surface area contributed by atoms with Gasteiger partial charge in [0.2, 0.25) is 0 Å². The van der Waals surface area contributed by atoms with Gasteiger partial charge >= 0.3 is 0 Å². The molecule has 0 aliphatic rings. The minimum absolute atomic E-state index is 0.238. The van der Waals surface area contributed by atoms with Gasteiger partial charge in [0, 0.05) is 17.5 Å². The Morgan fingerprint density at radius 3 is 2.61 bits per heavy atom. The summed E-state index contributed by atoms with van der Waals surface area (Å²) >= 11 is 1.48. The lowest BCUT2D eigenvalue weighted by molar-refractivity contribution is 0.102. The molecule has 1 N–H and O–H groups in total. The zero-order chi connectivity index (χ0) is 16.4. The largest absolute Gasteiger partial charge is 0.361 e. The van der Waals surface area contributed by atoms with Crippen LogP contribution in [-0.2, 0) is 6.42 Å². The maximum Gasteiger partial charge on any atom is 0.262 e. The number of anilines is 1. The van der Waals surface area contributed by atoms with Gasteiger partial charge < -0.3 is 4.52 Å². The number of aromatic nitrogens is 2. The summed E-state index contributed by atoms with van der Waals surface area (Å²) in [6.07, 6.45) is 2.60. The average Bonchev–Trinajstić information content (AvgIpc) is 3.08. The molecule has 0 aliphatic heterocycles. The Bertz CT molecular complexity index is 814. The Kier molecular flexibility index (Phi) is 4.25. The summed E-state index contributed by atoms with van der Waals surface area (Å²) in [6.45, 7) is 5.54. The van der Waals surface area contributed by atoms with Crippen LogP contribution in [0.4, 0.5) is 5.13 Å². The van der Waals surface area contributed by atoms with E-state index < -0.39 is 0 Å². The standard InChI is InChI=1S/C17H17N3O2S/c1-10-4-6-13(7-5-10)8-14-9-18-17(23-14)19-16(21)15-11(2)20-22-12(15)3/h4-7,9H,8H2,1-3H3,(H,18,19,21). The number of nitrogens with one attached hydrogen (secondary N) is 1. The SMILES string of the molecule is Cc1ccc(Cc2cnc(NC(=O)c3c(C)noc3C)s2)cc1. The summed E-state index contributed by atoms with van der Waals surface area (Å²) in [5.41, 5.74) is 3.52. The van der Waals surface area contributed by atoms with Crippen LogP contribution in [0.15, 0.2) is 35.0 Å². The van der Waals surface area contributed by atoms with Crippen molar-refractivity contribution in [2.75, 3.05) is 5.32 Å². The number of benzene rings is 1. The topological polar surface area (TPSA) is 68.0 Å². The van der Waals surface area contributed by atoms with Crippen molar-refractivity contribution < 1.29 is 9.32 Å². The highest BCUT2D eigenvalue weighted by molar-refractivity contribution is 7.15. The molecule has 1 amide bonds. The molecule has 0 fully saturated rings. The van der Waals surface area contributed by atoms with Crippen LogP contribution in [0.1, 0.15) is 37.8 Å². The summed E-state index contributed by atoms with van der Waals surface area (Å²) in [6, 6.07) is 8.40. The van der Waals surface area contributed by atoms with Gasteiger partial charge in [-0.05, 0) is 26.3 Å². The van der Waals surface area contributed by atoms with Crippen LogP contribution in [0.2, 0.25) is 0 Å². The van der Waals surface area contributed by atoms with Gasteiger partial charge in [0.05, 0.1) is 5.69 Å². The molecule has 1 aromatic carbocycles. The van der Waals surface area contributed by atoms with Crippen molar-refractivity contribution in [3.63, 3.8) is 0 Å². The number of carbonyl (C=O) groups is 1. The maximum atomic E-state index is 12.3. The van der Waals surface area contributed by atoms with Gasteiger partial charge in [-0.1, -0.05) is 35.0 Å². The molecule has 0 saturated heterocycles. The fraction of sp³-hybridized carbons (Fsp3) is 0.235. The predicted molar refractivity (Wildman–Crippen MR) is 90.0 cm³/mol. The normalized spacial score (nSPS) is 10.7. The van der Waals surface area contributed by atoms with Crippen molar-refractivity contribution in [3.05, 3.63) is 63.5 Å². The minimum atomic E-state index is -0.238. The zero-order valence-electron chi connectivity index (χ0n) is 13.2. The molecular weight excluding hydrogens is 310 g/mol. The molecule has 6 heteroatoms. The molecule has 0 radical (unpaired) electrons. The highest BCUT2D eigenvalue weighted by atomic mass is 32.1. The van der Waals surface area contributed by atoms with Crippen LogP contribution in [0.5, 0.6) is 0 Å². The highest BCUT2D eigenvalue weighted by Gasteiger charge is 2.18. The van der Waals surface area contributed by atoms with E-state index in [1.807, 2.05) is 0 Å². The van der Waals surface area contributed by atoms with E-state index in [1.165, 1.54) is 22.5 Å². The first-order chi connectivity index (χ1) is 11.0. The molecule has 23 heavy (non-hydrogen) atoms. The van der Waals surface area contributed by atoms with Gasteiger partial charge in [0.15, 0.2) is 5.13 Å². The lowest BCUT2D eigenvalue weighted by atomic mass is 10.1. The molecule has 118 valence electrons. The zero-order valence-corrected chi connectivity index (χ0v) is 14.0. The van der Waals surface area contributed by atoms with E-state index in [4.69, 9.17) is 4.52 Å². The average molecular weight is 327 g/mol. The second kappa shape index (κ2) is 6.34. The molecule has 0 atom stereocenters. The van der Waals surface area contributed by atoms with Crippen LogP contribution < -0.4 is 5.32 Å². The van der Waals surface area contributed by atoms with Crippen LogP contribution in [-0.4, -0.2) is 16.0 Å². The maximum absolute atomic E-state index is 12.3. The van der Waals surface area contributed by atoms with Crippen molar-refractivity contribution in [1.82, 2.24) is 10.1 Å². The van der Waals surface area contributed by atoms with E-state index in [1.54, 1.807) is 20.0 Å². The second-order valence-corrected chi connectivity index (χ2v) is 6.56. The van der Waals surface area contributed by atoms with E-state index in [0.717, 1.165) is 11.3 Å². The Morgan fingerprint density at radius 1 is 1.22 bits per heavy atom. The van der Waals surface area contributed by atoms with Gasteiger partial charge in [-0.15, -0.1) is 11.3 Å². The molecule has 3 rings (SSSR count). The van der Waals surface area contributed by atoms with Crippen LogP contribution in [0.3, 0.4) is 0 Å². The van der Waals surface area contributed by atoms with Crippen molar-refractivity contribution >= 4 is 22.4 Å². The van der Waals surface area contributed by atoms with E-state index in [2.05, 4.69) is 46.6 Å². The number of aryl methyl sites for hydroxylation is 3. The number of nitrogens with zero attached hydrogens (tertiary/aromatic N) is 2. The van der Waals surface area contributed by atoms with Gasteiger partial charge in [-0.2, -0.15) is 0 Å². The molecular formula is C17H17N3O2S. The third kappa shape index (κ3) is 3.48. The lowest BCUT2D eigenvalue weighted by Gasteiger charge is -2.00. The summed E-state index contributed by atoms with van der Waals surface area (Å²) < 4.78 is 5.02. The molecule has 2 aromatic heterocycles. The predicted octanol–water partition coefficient (Wildman–Crippen LogP) is 3.90. The lowest BCUT2D eigenvalue weighted by Crippen LogP contribution is -2.13. The molecule has 0 aliphatic carbocycles. The molecule has 0 bridgehead atoms. The van der Waals surface area contributed by atoms with E-state index >= 15 is 0 Å². The number of hydrogen-bond donors (Lipinski definition) is 1. The van der Waals surface area contributed by atoms with Crippen LogP contribution in [0, 0.1) is 20.8 Å². The first kappa shape index (κ1) is 15.4. The fourth-order valence-corrected chi connectivity index (χ4v) is 3.16. The molecule has 0 saturated carbocycles. The minimum Gasteiger partial charge on any atom is -0.361 e. The van der Waals surface area contributed by atoms with Gasteiger partial charge in [-0.3, -0.25) is 10.1 Å². The molecule has 5 nitrogen and oxygen atoms in total. The Hall–Kier alpha value is -2.47. The third-order valence-electron chi connectivity index (χ3n) is 3.53. The molecule has 3 aromatic rings. The number of amides is 1. The highest BCUT2D eigenvalue weighted by Crippen LogP contribution is 2.23. The van der Waals surface area contributed by atoms with E-state index in [-0.39, 0.29) is 5.91 Å². The van der Waals surface area contributed by atoms with Gasteiger partial charge in [-0.25, -0.2) is 4.98 Å². The summed E-state index contributed by atoms with van der Waals surface area (Å²) in [7, 11) is 0. The Morgan fingerprint density at radius 2 is 1.96 bits per heavy atom. The van der Waals surface area contributed by atoms with Gasteiger partial charge in [0.25, 0.3) is 5.91 Å². The van der Waals surface area contributed by atoms with Crippen LogP contribution in [0.25, 0.3) is 0 Å². The van der Waals surface area contributed by atoms with E-state index in [0.29, 0.717) is 22.1 Å². The quantitative estimate of drug-likeness (QED) is 0.789. The third-order valence-corrected chi connectivity index (χ3v) is 4.45. The second-order valence-electron chi connectivity index (χ2n) is 5.45. The summed E-state index contributed by atoms with van der Waals surface area (Å²) in [4.78, 5) is 17.7. The smallest absolute Gasteiger partial charge is 0.262 e. The number of hydrogen-bond acceptors (Lipinski definition) is 5. The Labute approximate surface area is 138 Å².